The molecule has 3 aromatic rings. The third kappa shape index (κ3) is 3.63. The fourth-order valence-electron chi connectivity index (χ4n) is 3.84. The van der Waals surface area contributed by atoms with Crippen molar-refractivity contribution >= 4 is 26.5 Å². The molecule has 0 saturated carbocycles. The first kappa shape index (κ1) is 20.3. The Morgan fingerprint density at radius 2 is 1.80 bits per heavy atom. The van der Waals surface area contributed by atoms with E-state index in [1.165, 1.54) is 4.68 Å². The standard InChI is InChI=1S/C22H23N3O4S/c1-14(2)13-25-22(27)16-8-4-3-7-15(16)20(24-25)21(26)23-18-11-12-30(28,29)19-10-6-5-9-17(18)19/h3-10,14,18H,11-13H2,1-2H3,(H,23,26). The van der Waals surface area contributed by atoms with Gasteiger partial charge < -0.3 is 5.32 Å². The summed E-state index contributed by atoms with van der Waals surface area (Å²) >= 11 is 0. The molecule has 2 aromatic carbocycles. The lowest BCUT2D eigenvalue weighted by Gasteiger charge is -2.26. The van der Waals surface area contributed by atoms with Crippen molar-refractivity contribution in [1.29, 1.82) is 0 Å². The Kier molecular flexibility index (Phi) is 5.19. The van der Waals surface area contributed by atoms with Crippen LogP contribution in [0, 0.1) is 5.92 Å². The number of nitrogens with one attached hydrogen (secondary N) is 1. The van der Waals surface area contributed by atoms with Gasteiger partial charge in [-0.1, -0.05) is 50.2 Å². The maximum absolute atomic E-state index is 13.2. The van der Waals surface area contributed by atoms with Gasteiger partial charge in [0.15, 0.2) is 15.5 Å². The van der Waals surface area contributed by atoms with Crippen LogP contribution in [0.5, 0.6) is 0 Å². The summed E-state index contributed by atoms with van der Waals surface area (Å²) in [5.74, 6) is -0.277. The second kappa shape index (κ2) is 7.68. The summed E-state index contributed by atoms with van der Waals surface area (Å²) in [6, 6.07) is 13.2. The molecule has 156 valence electrons. The van der Waals surface area contributed by atoms with Crippen LogP contribution in [0.2, 0.25) is 0 Å². The Morgan fingerprint density at radius 3 is 2.53 bits per heavy atom. The molecule has 7 nitrogen and oxygen atoms in total. The Bertz CT molecular complexity index is 1300. The number of fused-ring (bicyclic) bond motifs is 2. The van der Waals surface area contributed by atoms with E-state index in [-0.39, 0.29) is 34.2 Å². The second-order valence-corrected chi connectivity index (χ2v) is 10.0. The van der Waals surface area contributed by atoms with Crippen molar-refractivity contribution in [3.05, 3.63) is 70.1 Å². The van der Waals surface area contributed by atoms with Crippen LogP contribution in [0.1, 0.15) is 42.4 Å². The molecule has 1 unspecified atom stereocenters. The number of sulfone groups is 1. The summed E-state index contributed by atoms with van der Waals surface area (Å²) in [7, 11) is -3.35. The predicted octanol–water partition coefficient (Wildman–Crippen LogP) is 2.70. The number of benzene rings is 2. The van der Waals surface area contributed by atoms with E-state index in [0.717, 1.165) is 0 Å². The molecule has 0 radical (unpaired) electrons. The summed E-state index contributed by atoms with van der Waals surface area (Å²) in [6.07, 6.45) is 0.286. The number of amides is 1. The molecule has 0 aliphatic carbocycles. The van der Waals surface area contributed by atoms with Gasteiger partial charge in [-0.15, -0.1) is 0 Å². The molecule has 1 N–H and O–H groups in total. The smallest absolute Gasteiger partial charge is 0.274 e. The average Bonchev–Trinajstić information content (AvgIpc) is 2.72. The Hall–Kier alpha value is -3.00. The monoisotopic (exact) mass is 425 g/mol. The third-order valence-corrected chi connectivity index (χ3v) is 7.05. The van der Waals surface area contributed by atoms with Crippen molar-refractivity contribution in [2.24, 2.45) is 5.92 Å². The van der Waals surface area contributed by atoms with Crippen LogP contribution >= 0.6 is 0 Å². The first-order valence-corrected chi connectivity index (χ1v) is 11.6. The number of carbonyl (C=O) groups excluding carboxylic acids is 1. The molecule has 1 aromatic heterocycles. The molecule has 30 heavy (non-hydrogen) atoms. The fourth-order valence-corrected chi connectivity index (χ4v) is 5.46. The normalized spacial score (nSPS) is 17.6. The van der Waals surface area contributed by atoms with Gasteiger partial charge in [-0.2, -0.15) is 5.10 Å². The van der Waals surface area contributed by atoms with E-state index >= 15 is 0 Å². The van der Waals surface area contributed by atoms with E-state index in [2.05, 4.69) is 10.4 Å². The zero-order valence-electron chi connectivity index (χ0n) is 16.8. The van der Waals surface area contributed by atoms with Crippen LogP contribution in [0.15, 0.2) is 58.2 Å². The first-order valence-electron chi connectivity index (χ1n) is 9.90. The lowest BCUT2D eigenvalue weighted by Crippen LogP contribution is -2.36. The maximum atomic E-state index is 13.2. The van der Waals surface area contributed by atoms with Crippen molar-refractivity contribution in [3.63, 3.8) is 0 Å². The van der Waals surface area contributed by atoms with E-state index < -0.39 is 21.8 Å². The highest BCUT2D eigenvalue weighted by Gasteiger charge is 2.31. The molecule has 0 saturated heterocycles. The summed E-state index contributed by atoms with van der Waals surface area (Å²) in [6.45, 7) is 4.35. The van der Waals surface area contributed by atoms with Crippen LogP contribution in [0.25, 0.3) is 10.8 Å². The summed E-state index contributed by atoms with van der Waals surface area (Å²) < 4.78 is 26.1. The van der Waals surface area contributed by atoms with Crippen molar-refractivity contribution in [3.8, 4) is 0 Å². The summed E-state index contributed by atoms with van der Waals surface area (Å²) in [5, 5.41) is 8.22. The van der Waals surface area contributed by atoms with Gasteiger partial charge in [-0.3, -0.25) is 9.59 Å². The number of aromatic nitrogens is 2. The van der Waals surface area contributed by atoms with Crippen LogP contribution in [-0.2, 0) is 16.4 Å². The molecule has 1 aliphatic rings. The first-order chi connectivity index (χ1) is 14.3. The van der Waals surface area contributed by atoms with Crippen molar-refractivity contribution in [2.75, 3.05) is 5.75 Å². The number of nitrogens with zero attached hydrogens (tertiary/aromatic N) is 2. The average molecular weight is 426 g/mol. The Morgan fingerprint density at radius 1 is 1.13 bits per heavy atom. The topological polar surface area (TPSA) is 98.1 Å². The highest BCUT2D eigenvalue weighted by Crippen LogP contribution is 2.32. The number of hydrogen-bond acceptors (Lipinski definition) is 5. The highest BCUT2D eigenvalue weighted by molar-refractivity contribution is 7.91. The maximum Gasteiger partial charge on any atom is 0.274 e. The van der Waals surface area contributed by atoms with E-state index in [1.54, 1.807) is 48.5 Å². The molecule has 2 heterocycles. The molecule has 0 bridgehead atoms. The van der Waals surface area contributed by atoms with Gasteiger partial charge in [-0.25, -0.2) is 13.1 Å². The van der Waals surface area contributed by atoms with Gasteiger partial charge in [0.25, 0.3) is 11.5 Å². The zero-order chi connectivity index (χ0) is 21.5. The molecule has 1 amide bonds. The molecule has 1 atom stereocenters. The molecule has 0 spiro atoms. The lowest BCUT2D eigenvalue weighted by atomic mass is 10.0. The SMILES string of the molecule is CC(C)Cn1nc(C(=O)NC2CCS(=O)(=O)c3ccccc32)c2ccccc2c1=O. The number of carbonyl (C=O) groups is 1. The van der Waals surface area contributed by atoms with Gasteiger partial charge in [0.2, 0.25) is 0 Å². The minimum absolute atomic E-state index is 0.0318. The van der Waals surface area contributed by atoms with Crippen molar-refractivity contribution < 1.29 is 13.2 Å². The van der Waals surface area contributed by atoms with Gasteiger partial charge >= 0.3 is 0 Å². The quantitative estimate of drug-likeness (QED) is 0.693. The van der Waals surface area contributed by atoms with E-state index in [0.29, 0.717) is 22.9 Å². The predicted molar refractivity (Wildman–Crippen MR) is 114 cm³/mol. The van der Waals surface area contributed by atoms with Crippen LogP contribution in [0.3, 0.4) is 0 Å². The van der Waals surface area contributed by atoms with Gasteiger partial charge in [0.05, 0.1) is 22.1 Å². The van der Waals surface area contributed by atoms with Gasteiger partial charge in [0.1, 0.15) is 0 Å². The molecule has 1 aliphatic heterocycles. The fraction of sp³-hybridized carbons (Fsp3) is 0.318. The Balaban J connectivity index is 1.76. The Labute approximate surface area is 174 Å². The molecule has 4 rings (SSSR count). The number of hydrogen-bond donors (Lipinski definition) is 1. The third-order valence-electron chi connectivity index (χ3n) is 5.23. The van der Waals surface area contributed by atoms with E-state index in [1.807, 2.05) is 13.8 Å². The van der Waals surface area contributed by atoms with Crippen LogP contribution < -0.4 is 10.9 Å². The highest BCUT2D eigenvalue weighted by atomic mass is 32.2. The summed E-state index contributed by atoms with van der Waals surface area (Å²) in [4.78, 5) is 26.2. The molecular weight excluding hydrogens is 402 g/mol. The summed E-state index contributed by atoms with van der Waals surface area (Å²) in [5.41, 5.74) is 0.513. The van der Waals surface area contributed by atoms with E-state index in [4.69, 9.17) is 0 Å². The molecular formula is C22H23N3O4S. The second-order valence-electron chi connectivity index (χ2n) is 7.95. The van der Waals surface area contributed by atoms with E-state index in [9.17, 15) is 18.0 Å². The van der Waals surface area contributed by atoms with Gasteiger partial charge in [-0.05, 0) is 30.0 Å². The largest absolute Gasteiger partial charge is 0.344 e. The molecule has 8 heteroatoms. The minimum Gasteiger partial charge on any atom is -0.344 e. The van der Waals surface area contributed by atoms with Crippen LogP contribution in [0.4, 0.5) is 0 Å². The van der Waals surface area contributed by atoms with Gasteiger partial charge in [0, 0.05) is 11.9 Å². The zero-order valence-corrected chi connectivity index (χ0v) is 17.6. The molecule has 0 fully saturated rings. The number of rotatable bonds is 4. The van der Waals surface area contributed by atoms with Crippen molar-refractivity contribution in [1.82, 2.24) is 15.1 Å². The van der Waals surface area contributed by atoms with Crippen LogP contribution in [-0.4, -0.2) is 29.9 Å². The lowest BCUT2D eigenvalue weighted by molar-refractivity contribution is 0.0928. The van der Waals surface area contributed by atoms with Crippen molar-refractivity contribution in [2.45, 2.75) is 37.8 Å². The minimum atomic E-state index is -3.35.